The van der Waals surface area contributed by atoms with Gasteiger partial charge in [-0.3, -0.25) is 4.79 Å². The molecule has 3 N–H and O–H groups in total. The van der Waals surface area contributed by atoms with E-state index >= 15 is 0 Å². The SMILES string of the molecule is C[C@@H](CN)NC(=O)Cc1ccc(OC(F)F)cc1. The van der Waals surface area contributed by atoms with Gasteiger partial charge in [-0.15, -0.1) is 0 Å². The lowest BCUT2D eigenvalue weighted by Gasteiger charge is -2.11. The van der Waals surface area contributed by atoms with Gasteiger partial charge in [0.25, 0.3) is 0 Å². The summed E-state index contributed by atoms with van der Waals surface area (Å²) in [5.74, 6) is -0.0834. The molecule has 1 aromatic carbocycles. The molecule has 1 atom stereocenters. The van der Waals surface area contributed by atoms with Crippen molar-refractivity contribution in [1.29, 1.82) is 0 Å². The molecule has 0 unspecified atom stereocenters. The first-order valence-electron chi connectivity index (χ1n) is 5.54. The maximum atomic E-state index is 11.9. The summed E-state index contributed by atoms with van der Waals surface area (Å²) >= 11 is 0. The van der Waals surface area contributed by atoms with Crippen LogP contribution in [0.2, 0.25) is 0 Å². The van der Waals surface area contributed by atoms with Crippen LogP contribution in [-0.4, -0.2) is 25.1 Å². The van der Waals surface area contributed by atoms with E-state index < -0.39 is 6.61 Å². The summed E-state index contributed by atoms with van der Waals surface area (Å²) < 4.78 is 28.0. The lowest BCUT2D eigenvalue weighted by atomic mass is 10.1. The van der Waals surface area contributed by atoms with Gasteiger partial charge < -0.3 is 15.8 Å². The molecule has 0 aromatic heterocycles. The molecule has 1 amide bonds. The fourth-order valence-electron chi connectivity index (χ4n) is 1.36. The van der Waals surface area contributed by atoms with Crippen molar-refractivity contribution in [3.8, 4) is 5.75 Å². The van der Waals surface area contributed by atoms with Crippen LogP contribution in [0.4, 0.5) is 8.78 Å². The molecule has 1 rings (SSSR count). The number of hydrogen-bond donors (Lipinski definition) is 2. The monoisotopic (exact) mass is 258 g/mol. The first-order valence-corrected chi connectivity index (χ1v) is 5.54. The van der Waals surface area contributed by atoms with Gasteiger partial charge in [-0.25, -0.2) is 0 Å². The third kappa shape index (κ3) is 5.09. The quantitative estimate of drug-likeness (QED) is 0.808. The van der Waals surface area contributed by atoms with Crippen LogP contribution >= 0.6 is 0 Å². The molecule has 0 aliphatic carbocycles. The Labute approximate surface area is 104 Å². The number of rotatable bonds is 6. The van der Waals surface area contributed by atoms with Crippen LogP contribution in [0.3, 0.4) is 0 Å². The normalized spacial score (nSPS) is 12.3. The number of alkyl halides is 2. The summed E-state index contributed by atoms with van der Waals surface area (Å²) in [6, 6.07) is 5.87. The van der Waals surface area contributed by atoms with E-state index in [1.807, 2.05) is 0 Å². The lowest BCUT2D eigenvalue weighted by Crippen LogP contribution is -2.38. The highest BCUT2D eigenvalue weighted by atomic mass is 19.3. The number of nitrogens with one attached hydrogen (secondary N) is 1. The van der Waals surface area contributed by atoms with Crippen molar-refractivity contribution in [2.75, 3.05) is 6.54 Å². The van der Waals surface area contributed by atoms with Crippen molar-refractivity contribution in [3.05, 3.63) is 29.8 Å². The molecule has 0 heterocycles. The number of halogens is 2. The average Bonchev–Trinajstić information content (AvgIpc) is 2.30. The Morgan fingerprint density at radius 3 is 2.50 bits per heavy atom. The molecule has 100 valence electrons. The minimum absolute atomic E-state index is 0.0736. The Kier molecular flexibility index (Phi) is 5.51. The molecular weight excluding hydrogens is 242 g/mol. The van der Waals surface area contributed by atoms with Crippen molar-refractivity contribution in [2.45, 2.75) is 26.0 Å². The van der Waals surface area contributed by atoms with Gasteiger partial charge in [-0.1, -0.05) is 12.1 Å². The summed E-state index contributed by atoms with van der Waals surface area (Å²) in [5, 5.41) is 2.71. The average molecular weight is 258 g/mol. The molecule has 1 aromatic rings. The topological polar surface area (TPSA) is 64.3 Å². The van der Waals surface area contributed by atoms with Crippen LogP contribution < -0.4 is 15.8 Å². The minimum atomic E-state index is -2.84. The van der Waals surface area contributed by atoms with Crippen molar-refractivity contribution in [1.82, 2.24) is 5.32 Å². The van der Waals surface area contributed by atoms with Crippen LogP contribution in [0.5, 0.6) is 5.75 Å². The van der Waals surface area contributed by atoms with Crippen LogP contribution in [0.1, 0.15) is 12.5 Å². The molecule has 4 nitrogen and oxygen atoms in total. The molecule has 0 aliphatic heterocycles. The predicted molar refractivity (Wildman–Crippen MR) is 63.4 cm³/mol. The standard InChI is InChI=1S/C12H16F2N2O2/c1-8(7-15)16-11(17)6-9-2-4-10(5-3-9)18-12(13)14/h2-5,8,12H,6-7,15H2,1H3,(H,16,17)/t8-/m0/s1. The van der Waals surface area contributed by atoms with E-state index in [1.54, 1.807) is 19.1 Å². The van der Waals surface area contributed by atoms with Gasteiger partial charge in [0.05, 0.1) is 6.42 Å². The molecule has 6 heteroatoms. The molecular formula is C12H16F2N2O2. The predicted octanol–water partition coefficient (Wildman–Crippen LogP) is 1.29. The minimum Gasteiger partial charge on any atom is -0.435 e. The van der Waals surface area contributed by atoms with Gasteiger partial charge in [-0.2, -0.15) is 8.78 Å². The van der Waals surface area contributed by atoms with Crippen molar-refractivity contribution < 1.29 is 18.3 Å². The van der Waals surface area contributed by atoms with Gasteiger partial charge in [0.15, 0.2) is 0 Å². The van der Waals surface area contributed by atoms with E-state index in [0.29, 0.717) is 6.54 Å². The summed E-state index contributed by atoms with van der Waals surface area (Å²) in [6.45, 7) is -0.672. The summed E-state index contributed by atoms with van der Waals surface area (Å²) in [5.41, 5.74) is 6.10. The molecule has 0 aliphatic rings. The zero-order valence-corrected chi connectivity index (χ0v) is 10.0. The molecule has 0 bridgehead atoms. The highest BCUT2D eigenvalue weighted by molar-refractivity contribution is 5.78. The molecule has 0 radical (unpaired) electrons. The Morgan fingerprint density at radius 2 is 2.00 bits per heavy atom. The molecule has 0 saturated heterocycles. The van der Waals surface area contributed by atoms with Crippen molar-refractivity contribution in [2.24, 2.45) is 5.73 Å². The van der Waals surface area contributed by atoms with E-state index in [0.717, 1.165) is 5.56 Å². The first-order chi connectivity index (χ1) is 8.51. The zero-order valence-electron chi connectivity index (χ0n) is 10.0. The van der Waals surface area contributed by atoms with Gasteiger partial charge in [0, 0.05) is 12.6 Å². The number of benzene rings is 1. The number of hydrogen-bond acceptors (Lipinski definition) is 3. The summed E-state index contributed by atoms with van der Waals surface area (Å²) in [7, 11) is 0. The smallest absolute Gasteiger partial charge is 0.387 e. The fraction of sp³-hybridized carbons (Fsp3) is 0.417. The summed E-state index contributed by atoms with van der Waals surface area (Å²) in [4.78, 5) is 11.5. The van der Waals surface area contributed by atoms with Crippen LogP contribution in [0.25, 0.3) is 0 Å². The Hall–Kier alpha value is -1.69. The van der Waals surface area contributed by atoms with Gasteiger partial charge in [-0.05, 0) is 24.6 Å². The van der Waals surface area contributed by atoms with Crippen molar-refractivity contribution >= 4 is 5.91 Å². The summed E-state index contributed by atoms with van der Waals surface area (Å²) in [6.07, 6.45) is 0.180. The second-order valence-corrected chi connectivity index (χ2v) is 3.90. The molecule has 0 saturated carbocycles. The van der Waals surface area contributed by atoms with Gasteiger partial charge in [0.1, 0.15) is 5.75 Å². The second kappa shape index (κ2) is 6.90. The van der Waals surface area contributed by atoms with E-state index in [4.69, 9.17) is 5.73 Å². The highest BCUT2D eigenvalue weighted by Crippen LogP contribution is 2.15. The van der Waals surface area contributed by atoms with E-state index in [1.165, 1.54) is 12.1 Å². The van der Waals surface area contributed by atoms with Crippen molar-refractivity contribution in [3.63, 3.8) is 0 Å². The molecule has 0 spiro atoms. The number of ether oxygens (including phenoxy) is 1. The number of carbonyl (C=O) groups is 1. The number of amides is 1. The molecule has 18 heavy (non-hydrogen) atoms. The fourth-order valence-corrected chi connectivity index (χ4v) is 1.36. The maximum absolute atomic E-state index is 11.9. The number of carbonyl (C=O) groups excluding carboxylic acids is 1. The van der Waals surface area contributed by atoms with E-state index in [2.05, 4.69) is 10.1 Å². The van der Waals surface area contributed by atoms with Crippen LogP contribution in [0.15, 0.2) is 24.3 Å². The van der Waals surface area contributed by atoms with E-state index in [9.17, 15) is 13.6 Å². The zero-order chi connectivity index (χ0) is 13.5. The third-order valence-electron chi connectivity index (χ3n) is 2.27. The third-order valence-corrected chi connectivity index (χ3v) is 2.27. The van der Waals surface area contributed by atoms with E-state index in [-0.39, 0.29) is 24.1 Å². The largest absolute Gasteiger partial charge is 0.435 e. The first kappa shape index (κ1) is 14.4. The highest BCUT2D eigenvalue weighted by Gasteiger charge is 2.08. The van der Waals surface area contributed by atoms with Crippen LogP contribution in [-0.2, 0) is 11.2 Å². The Bertz CT molecular complexity index is 382. The van der Waals surface area contributed by atoms with Crippen LogP contribution in [0, 0.1) is 0 Å². The van der Waals surface area contributed by atoms with Gasteiger partial charge >= 0.3 is 6.61 Å². The van der Waals surface area contributed by atoms with Gasteiger partial charge in [0.2, 0.25) is 5.91 Å². The maximum Gasteiger partial charge on any atom is 0.387 e. The number of nitrogens with two attached hydrogens (primary N) is 1. The Balaban J connectivity index is 2.50. The lowest BCUT2D eigenvalue weighted by molar-refractivity contribution is -0.121. The Morgan fingerprint density at radius 1 is 1.39 bits per heavy atom. The molecule has 0 fully saturated rings. The second-order valence-electron chi connectivity index (χ2n) is 3.90.